The van der Waals surface area contributed by atoms with Crippen LogP contribution in [0.1, 0.15) is 30.5 Å². The lowest BCUT2D eigenvalue weighted by atomic mass is 9.84. The van der Waals surface area contributed by atoms with Crippen molar-refractivity contribution in [2.45, 2.75) is 24.9 Å². The molecule has 160 valence electrons. The molecular weight excluding hydrogens is 402 g/mol. The van der Waals surface area contributed by atoms with E-state index in [9.17, 15) is 14.4 Å². The van der Waals surface area contributed by atoms with Crippen LogP contribution in [-0.4, -0.2) is 42.7 Å². The molecule has 2 atom stereocenters. The summed E-state index contributed by atoms with van der Waals surface area (Å²) < 4.78 is 16.3. The summed E-state index contributed by atoms with van der Waals surface area (Å²) in [5, 5.41) is 5.62. The number of ether oxygens (including phenoxy) is 3. The minimum Gasteiger partial charge on any atom is -0.493 e. The van der Waals surface area contributed by atoms with Crippen LogP contribution in [0, 0.1) is 0 Å². The van der Waals surface area contributed by atoms with Gasteiger partial charge in [0.05, 0.1) is 12.6 Å². The van der Waals surface area contributed by atoms with Gasteiger partial charge in [-0.05, 0) is 30.7 Å². The molecule has 3 aliphatic rings. The molecule has 9 nitrogen and oxygen atoms in total. The first kappa shape index (κ1) is 19.2. The third-order valence-electron chi connectivity index (χ3n) is 5.83. The quantitative estimate of drug-likeness (QED) is 0.727. The fraction of sp³-hybridized carbons (Fsp3) is 0.318. The lowest BCUT2D eigenvalue weighted by molar-refractivity contribution is -0.136. The van der Waals surface area contributed by atoms with Crippen molar-refractivity contribution in [2.75, 3.05) is 19.9 Å². The number of nitrogens with zero attached hydrogens (tertiary/aromatic N) is 1. The topological polar surface area (TPSA) is 106 Å². The molecule has 2 unspecified atom stereocenters. The van der Waals surface area contributed by atoms with Crippen molar-refractivity contribution < 1.29 is 28.6 Å². The number of imide groups is 1. The predicted octanol–water partition coefficient (Wildman–Crippen LogP) is 1.82. The van der Waals surface area contributed by atoms with Crippen molar-refractivity contribution in [1.29, 1.82) is 0 Å². The lowest BCUT2D eigenvalue weighted by Gasteiger charge is -2.33. The number of hydrogen-bond acceptors (Lipinski definition) is 6. The largest absolute Gasteiger partial charge is 0.493 e. The van der Waals surface area contributed by atoms with Gasteiger partial charge in [0.2, 0.25) is 12.7 Å². The Bertz CT molecular complexity index is 1090. The summed E-state index contributed by atoms with van der Waals surface area (Å²) in [6, 6.07) is 11.6. The van der Waals surface area contributed by atoms with Gasteiger partial charge in [0.15, 0.2) is 17.0 Å². The SMILES string of the molecule is CC(NC(=O)CN1C(=O)NC2(CCOc3ccccc32)C1=O)c1ccc2c(c1)OCO2. The highest BCUT2D eigenvalue weighted by molar-refractivity contribution is 6.09. The third-order valence-corrected chi connectivity index (χ3v) is 5.83. The van der Waals surface area contributed by atoms with E-state index in [0.717, 1.165) is 10.5 Å². The summed E-state index contributed by atoms with van der Waals surface area (Å²) in [6.07, 6.45) is 0.306. The molecule has 0 aliphatic carbocycles. The first-order valence-corrected chi connectivity index (χ1v) is 10.0. The summed E-state index contributed by atoms with van der Waals surface area (Å²) in [5.74, 6) is 0.951. The van der Waals surface area contributed by atoms with Gasteiger partial charge in [-0.15, -0.1) is 0 Å². The average molecular weight is 423 g/mol. The summed E-state index contributed by atoms with van der Waals surface area (Å²) >= 11 is 0. The molecule has 3 aliphatic heterocycles. The smallest absolute Gasteiger partial charge is 0.325 e. The molecule has 0 bridgehead atoms. The summed E-state index contributed by atoms with van der Waals surface area (Å²) in [6.45, 7) is 1.91. The highest BCUT2D eigenvalue weighted by Crippen LogP contribution is 2.41. The molecule has 2 N–H and O–H groups in total. The van der Waals surface area contributed by atoms with Crippen molar-refractivity contribution >= 4 is 17.8 Å². The molecule has 1 saturated heterocycles. The Morgan fingerprint density at radius 2 is 1.94 bits per heavy atom. The first-order chi connectivity index (χ1) is 15.0. The van der Waals surface area contributed by atoms with Crippen LogP contribution in [0.25, 0.3) is 0 Å². The van der Waals surface area contributed by atoms with E-state index in [1.54, 1.807) is 30.3 Å². The van der Waals surface area contributed by atoms with E-state index in [1.807, 2.05) is 19.1 Å². The average Bonchev–Trinajstić information content (AvgIpc) is 3.32. The van der Waals surface area contributed by atoms with E-state index < -0.39 is 23.4 Å². The molecule has 2 aromatic rings. The molecule has 1 fully saturated rings. The molecule has 0 radical (unpaired) electrons. The van der Waals surface area contributed by atoms with Crippen LogP contribution in [0.15, 0.2) is 42.5 Å². The number of amides is 4. The highest BCUT2D eigenvalue weighted by Gasteiger charge is 2.55. The fourth-order valence-electron chi connectivity index (χ4n) is 4.21. The first-order valence-electron chi connectivity index (χ1n) is 10.0. The van der Waals surface area contributed by atoms with E-state index in [-0.39, 0.29) is 19.4 Å². The molecular formula is C22H21N3O6. The Morgan fingerprint density at radius 1 is 1.13 bits per heavy atom. The standard InChI is InChI=1S/C22H21N3O6/c1-13(14-6-7-17-18(10-14)31-12-30-17)23-19(26)11-25-20(27)22(24-21(25)28)8-9-29-16-5-3-2-4-15(16)22/h2-7,10,13H,8-9,11-12H2,1H3,(H,23,26)(H,24,28). The lowest BCUT2D eigenvalue weighted by Crippen LogP contribution is -2.48. The second-order valence-corrected chi connectivity index (χ2v) is 7.72. The normalized spacial score (nSPS) is 22.0. The fourth-order valence-corrected chi connectivity index (χ4v) is 4.21. The minimum absolute atomic E-state index is 0.168. The number of benzene rings is 2. The van der Waals surface area contributed by atoms with Crippen LogP contribution in [0.2, 0.25) is 0 Å². The molecule has 0 saturated carbocycles. The number of fused-ring (bicyclic) bond motifs is 3. The molecule has 3 heterocycles. The number of rotatable bonds is 4. The zero-order chi connectivity index (χ0) is 21.6. The number of para-hydroxylation sites is 1. The van der Waals surface area contributed by atoms with Crippen LogP contribution >= 0.6 is 0 Å². The monoisotopic (exact) mass is 423 g/mol. The predicted molar refractivity (Wildman–Crippen MR) is 108 cm³/mol. The van der Waals surface area contributed by atoms with Crippen LogP contribution < -0.4 is 24.8 Å². The zero-order valence-electron chi connectivity index (χ0n) is 16.8. The number of nitrogens with one attached hydrogen (secondary N) is 2. The third kappa shape index (κ3) is 3.13. The van der Waals surface area contributed by atoms with Crippen LogP contribution in [0.3, 0.4) is 0 Å². The number of carbonyl (C=O) groups is 3. The second-order valence-electron chi connectivity index (χ2n) is 7.72. The van der Waals surface area contributed by atoms with Crippen molar-refractivity contribution in [3.05, 3.63) is 53.6 Å². The highest BCUT2D eigenvalue weighted by atomic mass is 16.7. The minimum atomic E-state index is -1.20. The Balaban J connectivity index is 1.30. The number of carbonyl (C=O) groups excluding carboxylic acids is 3. The Morgan fingerprint density at radius 3 is 2.81 bits per heavy atom. The molecule has 2 aromatic carbocycles. The van der Waals surface area contributed by atoms with Gasteiger partial charge in [-0.3, -0.25) is 14.5 Å². The molecule has 1 spiro atoms. The van der Waals surface area contributed by atoms with Crippen LogP contribution in [0.4, 0.5) is 4.79 Å². The van der Waals surface area contributed by atoms with Gasteiger partial charge >= 0.3 is 6.03 Å². The molecule has 9 heteroatoms. The van der Waals surface area contributed by atoms with E-state index in [0.29, 0.717) is 35.8 Å². The van der Waals surface area contributed by atoms with E-state index in [1.165, 1.54) is 0 Å². The van der Waals surface area contributed by atoms with Gasteiger partial charge < -0.3 is 24.8 Å². The Labute approximate surface area is 178 Å². The maximum atomic E-state index is 13.3. The van der Waals surface area contributed by atoms with Gasteiger partial charge in [0.1, 0.15) is 12.3 Å². The molecule has 4 amide bonds. The second kappa shape index (κ2) is 7.19. The zero-order valence-corrected chi connectivity index (χ0v) is 16.8. The van der Waals surface area contributed by atoms with Crippen LogP contribution in [0.5, 0.6) is 17.2 Å². The summed E-state index contributed by atoms with van der Waals surface area (Å²) in [4.78, 5) is 39.5. The Kier molecular flexibility index (Phi) is 4.46. The van der Waals surface area contributed by atoms with Crippen molar-refractivity contribution in [3.8, 4) is 17.2 Å². The maximum Gasteiger partial charge on any atom is 0.325 e. The number of hydrogen-bond donors (Lipinski definition) is 2. The summed E-state index contributed by atoms with van der Waals surface area (Å²) in [7, 11) is 0. The van der Waals surface area contributed by atoms with E-state index in [4.69, 9.17) is 14.2 Å². The summed E-state index contributed by atoms with van der Waals surface area (Å²) in [5.41, 5.74) is 0.232. The van der Waals surface area contributed by atoms with Gasteiger partial charge in [-0.1, -0.05) is 24.3 Å². The Hall–Kier alpha value is -3.75. The molecule has 0 aromatic heterocycles. The van der Waals surface area contributed by atoms with Crippen molar-refractivity contribution in [3.63, 3.8) is 0 Å². The van der Waals surface area contributed by atoms with Crippen molar-refractivity contribution in [1.82, 2.24) is 15.5 Å². The molecule has 5 rings (SSSR count). The van der Waals surface area contributed by atoms with Gasteiger partial charge in [-0.25, -0.2) is 4.79 Å². The van der Waals surface area contributed by atoms with Crippen LogP contribution in [-0.2, 0) is 15.1 Å². The van der Waals surface area contributed by atoms with E-state index in [2.05, 4.69) is 10.6 Å². The van der Waals surface area contributed by atoms with Crippen molar-refractivity contribution in [2.24, 2.45) is 0 Å². The van der Waals surface area contributed by atoms with E-state index >= 15 is 0 Å². The maximum absolute atomic E-state index is 13.3. The molecule has 31 heavy (non-hydrogen) atoms. The van der Waals surface area contributed by atoms with Gasteiger partial charge in [0, 0.05) is 12.0 Å². The van der Waals surface area contributed by atoms with Gasteiger partial charge in [-0.2, -0.15) is 0 Å². The number of urea groups is 1. The van der Waals surface area contributed by atoms with Gasteiger partial charge in [0.25, 0.3) is 5.91 Å².